The van der Waals surface area contributed by atoms with E-state index in [9.17, 15) is 4.39 Å². The summed E-state index contributed by atoms with van der Waals surface area (Å²) < 4.78 is 13.3. The fourth-order valence-corrected chi connectivity index (χ4v) is 1.35. The minimum absolute atomic E-state index is 0.170. The van der Waals surface area contributed by atoms with Crippen LogP contribution in [0.5, 0.6) is 0 Å². The fourth-order valence-electron chi connectivity index (χ4n) is 1.35. The number of halogens is 1. The molecule has 14 heavy (non-hydrogen) atoms. The molecule has 0 saturated heterocycles. The molecule has 0 heterocycles. The second kappa shape index (κ2) is 4.42. The zero-order chi connectivity index (χ0) is 10.6. The molecule has 0 aliphatic carbocycles. The summed E-state index contributed by atoms with van der Waals surface area (Å²) in [7, 11) is 0. The minimum Gasteiger partial charge on any atom is -0.378 e. The van der Waals surface area contributed by atoms with Crippen molar-refractivity contribution in [3.8, 4) is 0 Å². The Morgan fingerprint density at radius 1 is 1.36 bits per heavy atom. The third-order valence-electron chi connectivity index (χ3n) is 2.12. The van der Waals surface area contributed by atoms with Crippen molar-refractivity contribution in [3.63, 3.8) is 0 Å². The fraction of sp³-hybridized carbons (Fsp3) is 0.455. The van der Waals surface area contributed by atoms with Crippen LogP contribution in [0.4, 0.5) is 10.1 Å². The number of benzene rings is 1. The van der Waals surface area contributed by atoms with E-state index in [1.165, 1.54) is 6.07 Å². The summed E-state index contributed by atoms with van der Waals surface area (Å²) in [6.45, 7) is 4.60. The van der Waals surface area contributed by atoms with Gasteiger partial charge in [0.2, 0.25) is 0 Å². The van der Waals surface area contributed by atoms with Gasteiger partial charge in [0.15, 0.2) is 0 Å². The molecule has 1 aromatic rings. The van der Waals surface area contributed by atoms with Gasteiger partial charge in [-0.2, -0.15) is 0 Å². The first-order chi connectivity index (χ1) is 6.55. The minimum atomic E-state index is -0.224. The van der Waals surface area contributed by atoms with Crippen LogP contribution in [-0.4, -0.2) is 12.1 Å². The summed E-state index contributed by atoms with van der Waals surface area (Å²) in [5.74, 6) is -0.224. The largest absolute Gasteiger partial charge is 0.378 e. The molecule has 0 saturated carbocycles. The van der Waals surface area contributed by atoms with Crippen LogP contribution in [-0.2, 0) is 0 Å². The molecule has 1 aromatic carbocycles. The van der Waals surface area contributed by atoms with Crippen LogP contribution in [0.15, 0.2) is 24.3 Å². The molecule has 0 spiro atoms. The van der Waals surface area contributed by atoms with Gasteiger partial charge in [0, 0.05) is 5.54 Å². The van der Waals surface area contributed by atoms with Gasteiger partial charge in [-0.3, -0.25) is 0 Å². The van der Waals surface area contributed by atoms with E-state index in [2.05, 4.69) is 5.32 Å². The van der Waals surface area contributed by atoms with Crippen molar-refractivity contribution in [2.75, 3.05) is 11.9 Å². The van der Waals surface area contributed by atoms with Gasteiger partial charge >= 0.3 is 0 Å². The lowest BCUT2D eigenvalue weighted by atomic mass is 10.0. The summed E-state index contributed by atoms with van der Waals surface area (Å²) in [6, 6.07) is 6.66. The summed E-state index contributed by atoms with van der Waals surface area (Å²) in [5.41, 5.74) is 5.84. The Morgan fingerprint density at radius 2 is 2.00 bits per heavy atom. The molecule has 0 aliphatic rings. The van der Waals surface area contributed by atoms with Gasteiger partial charge in [-0.15, -0.1) is 0 Å². The van der Waals surface area contributed by atoms with Crippen LogP contribution >= 0.6 is 0 Å². The molecule has 3 heteroatoms. The van der Waals surface area contributed by atoms with Crippen molar-refractivity contribution in [3.05, 3.63) is 30.1 Å². The smallest absolute Gasteiger partial charge is 0.146 e. The Balaban J connectivity index is 2.73. The lowest BCUT2D eigenvalue weighted by Gasteiger charge is -2.27. The van der Waals surface area contributed by atoms with E-state index in [0.717, 1.165) is 6.42 Å². The third-order valence-corrected chi connectivity index (χ3v) is 2.12. The summed E-state index contributed by atoms with van der Waals surface area (Å²) >= 11 is 0. The molecule has 0 fully saturated rings. The van der Waals surface area contributed by atoms with E-state index >= 15 is 0 Å². The first kappa shape index (κ1) is 11.0. The van der Waals surface area contributed by atoms with Crippen LogP contribution in [0.1, 0.15) is 20.3 Å². The molecular weight excluding hydrogens is 179 g/mol. The van der Waals surface area contributed by atoms with Gasteiger partial charge in [0.25, 0.3) is 0 Å². The van der Waals surface area contributed by atoms with Crippen LogP contribution < -0.4 is 11.1 Å². The molecule has 2 nitrogen and oxygen atoms in total. The molecule has 0 unspecified atom stereocenters. The highest BCUT2D eigenvalue weighted by Gasteiger charge is 2.17. The zero-order valence-electron chi connectivity index (χ0n) is 8.68. The number of nitrogens with one attached hydrogen (secondary N) is 1. The number of anilines is 1. The average Bonchev–Trinajstić information content (AvgIpc) is 2.08. The normalized spacial score (nSPS) is 11.4. The second-order valence-electron chi connectivity index (χ2n) is 4.03. The Labute approximate surface area is 84.3 Å². The number of para-hydroxylation sites is 1. The number of rotatable bonds is 4. The molecule has 0 atom stereocenters. The highest BCUT2D eigenvalue weighted by Crippen LogP contribution is 2.20. The first-order valence-electron chi connectivity index (χ1n) is 4.78. The molecule has 0 radical (unpaired) electrons. The van der Waals surface area contributed by atoms with E-state index < -0.39 is 0 Å². The average molecular weight is 196 g/mol. The quantitative estimate of drug-likeness (QED) is 0.775. The van der Waals surface area contributed by atoms with Crippen molar-refractivity contribution in [1.29, 1.82) is 0 Å². The Hall–Kier alpha value is -1.09. The first-order valence-corrected chi connectivity index (χ1v) is 4.78. The monoisotopic (exact) mass is 196 g/mol. The van der Waals surface area contributed by atoms with Crippen LogP contribution in [0, 0.1) is 5.82 Å². The molecule has 3 N–H and O–H groups in total. The summed E-state index contributed by atoms with van der Waals surface area (Å²) in [5, 5.41) is 3.13. The van der Waals surface area contributed by atoms with Gasteiger partial charge < -0.3 is 11.1 Å². The van der Waals surface area contributed by atoms with E-state index in [0.29, 0.717) is 12.2 Å². The lowest BCUT2D eigenvalue weighted by molar-refractivity contribution is 0.519. The SMILES string of the molecule is CC(C)(CCN)Nc1ccccc1F. The molecule has 0 bridgehead atoms. The maximum atomic E-state index is 13.3. The Kier molecular flexibility index (Phi) is 3.47. The predicted octanol–water partition coefficient (Wildman–Crippen LogP) is 2.37. The van der Waals surface area contributed by atoms with Gasteiger partial charge in [0.1, 0.15) is 5.82 Å². The molecule has 1 rings (SSSR count). The predicted molar refractivity (Wildman–Crippen MR) is 57.8 cm³/mol. The highest BCUT2D eigenvalue weighted by molar-refractivity contribution is 5.46. The Morgan fingerprint density at radius 3 is 2.57 bits per heavy atom. The van der Waals surface area contributed by atoms with Crippen molar-refractivity contribution in [1.82, 2.24) is 0 Å². The zero-order valence-corrected chi connectivity index (χ0v) is 8.68. The molecule has 0 aliphatic heterocycles. The molecule has 78 valence electrons. The topological polar surface area (TPSA) is 38.0 Å². The van der Waals surface area contributed by atoms with Gasteiger partial charge in [-0.25, -0.2) is 4.39 Å². The highest BCUT2D eigenvalue weighted by atomic mass is 19.1. The third kappa shape index (κ3) is 3.00. The van der Waals surface area contributed by atoms with Crippen LogP contribution in [0.25, 0.3) is 0 Å². The van der Waals surface area contributed by atoms with Gasteiger partial charge in [-0.1, -0.05) is 12.1 Å². The number of hydrogen-bond donors (Lipinski definition) is 2. The molecule has 0 aromatic heterocycles. The Bertz CT molecular complexity index is 297. The lowest BCUT2D eigenvalue weighted by Crippen LogP contribution is -2.33. The maximum absolute atomic E-state index is 13.3. The standard InChI is InChI=1S/C11H17FN2/c1-11(2,7-8-13)14-10-6-4-3-5-9(10)12/h3-6,14H,7-8,13H2,1-2H3. The van der Waals surface area contributed by atoms with Crippen LogP contribution in [0.3, 0.4) is 0 Å². The van der Waals surface area contributed by atoms with E-state index in [-0.39, 0.29) is 11.4 Å². The molecule has 0 amide bonds. The number of nitrogens with two attached hydrogens (primary N) is 1. The second-order valence-corrected chi connectivity index (χ2v) is 4.03. The number of hydrogen-bond acceptors (Lipinski definition) is 2. The van der Waals surface area contributed by atoms with Crippen molar-refractivity contribution >= 4 is 5.69 Å². The van der Waals surface area contributed by atoms with E-state index in [4.69, 9.17) is 5.73 Å². The maximum Gasteiger partial charge on any atom is 0.146 e. The van der Waals surface area contributed by atoms with Gasteiger partial charge in [-0.05, 0) is 38.9 Å². The summed E-state index contributed by atoms with van der Waals surface area (Å²) in [4.78, 5) is 0. The van der Waals surface area contributed by atoms with E-state index in [1.54, 1.807) is 12.1 Å². The van der Waals surface area contributed by atoms with Crippen molar-refractivity contribution in [2.24, 2.45) is 5.73 Å². The van der Waals surface area contributed by atoms with E-state index in [1.807, 2.05) is 19.9 Å². The molecular formula is C11H17FN2. The van der Waals surface area contributed by atoms with Crippen molar-refractivity contribution in [2.45, 2.75) is 25.8 Å². The van der Waals surface area contributed by atoms with Crippen LogP contribution in [0.2, 0.25) is 0 Å². The van der Waals surface area contributed by atoms with Crippen molar-refractivity contribution < 1.29 is 4.39 Å². The van der Waals surface area contributed by atoms with Gasteiger partial charge in [0.05, 0.1) is 5.69 Å². The summed E-state index contributed by atoms with van der Waals surface area (Å²) in [6.07, 6.45) is 0.807.